The van der Waals surface area contributed by atoms with Crippen molar-refractivity contribution in [3.63, 3.8) is 0 Å². The molecule has 8 aromatic carbocycles. The molecule has 1 fully saturated rings. The summed E-state index contributed by atoms with van der Waals surface area (Å²) in [6.07, 6.45) is 20.3. The molecule has 3 N–H and O–H groups in total. The molecule has 1 radical (unpaired) electrons. The van der Waals surface area contributed by atoms with Gasteiger partial charge in [-0.25, -0.2) is 0 Å². The zero-order chi connectivity index (χ0) is 86.8. The van der Waals surface area contributed by atoms with Crippen LogP contribution in [0.15, 0.2) is 121 Å². The van der Waals surface area contributed by atoms with Crippen LogP contribution in [0.1, 0.15) is 320 Å². The van der Waals surface area contributed by atoms with Crippen molar-refractivity contribution < 1.29 is 50.3 Å². The number of phenolic OH excluding ortho intramolecular Hbond substituents is 2. The number of hydrogen-bond donors (Lipinski definition) is 2. The van der Waals surface area contributed by atoms with E-state index in [-0.39, 0.29) is 88.1 Å². The fourth-order valence-corrected chi connectivity index (χ4v) is 24.2. The Kier molecular flexibility index (Phi) is 32.4. The largest absolute Gasteiger partial charge is 0.505 e. The van der Waals surface area contributed by atoms with Crippen LogP contribution in [0.3, 0.4) is 0 Å². The number of nitrogens with zero attached hydrogens (tertiary/aromatic N) is 2. The standard InChI is InChI=1S/C105H150N2O4Si2.C4H8O.CH3.Sc/c1-31-33-35-37-39-41-54-112(27,28)78-56-70(3)96(86(66-78)84-58-76(104(23,24)68-98(5,6)7)64-92(94(84)108)106-88-60-72(100(11,12)13)44-48-80(88)81-49-45-73(61-89(81)106)101(14,15)16)110-52-43-53-111-97-71(4)57-79(113(29,30)55-42-40-38-36-34-32-2)67-87(97)85-59-77(105(25,26)69-99(8,9)10)65-93(95(85)109)107-90-62-74(102(17,18)19)46-50-82(90)83-51-47-75(63-91(83)107)103(20,21)22;1-2-4-5-3-1;;/h44-51,56-67,108-109H,31-43,52-55,68-69H2,1-30H3;1-4H2;1H3;/q;;-1;/p+1. The molecule has 0 unspecified atom stereocenters. The Hall–Kier alpha value is -6.18. The van der Waals surface area contributed by atoms with Gasteiger partial charge in [0.2, 0.25) is 0 Å². The van der Waals surface area contributed by atoms with Crippen molar-refractivity contribution in [2.45, 2.75) is 360 Å². The summed E-state index contributed by atoms with van der Waals surface area (Å²) >= 11 is 0. The number of ether oxygens (including phenoxy) is 3. The number of benzene rings is 8. The average molecular weight is 1690 g/mol. The number of aromatic nitrogens is 2. The molecule has 0 saturated carbocycles. The van der Waals surface area contributed by atoms with Crippen LogP contribution in [0, 0.1) is 32.1 Å². The summed E-state index contributed by atoms with van der Waals surface area (Å²) in [4.78, 5) is 0. The van der Waals surface area contributed by atoms with Gasteiger partial charge in [0.25, 0.3) is 0 Å². The second-order valence-corrected chi connectivity index (χ2v) is 54.9. The first kappa shape index (κ1) is 99.2. The second kappa shape index (κ2) is 39.2. The van der Waals surface area contributed by atoms with Gasteiger partial charge in [-0.2, -0.15) is 0 Å². The van der Waals surface area contributed by atoms with E-state index in [4.69, 9.17) is 9.47 Å². The number of aliphatic hydroxyl groups is 2. The molecule has 10 aromatic rings. The zero-order valence-corrected chi connectivity index (χ0v) is 85.2. The number of phenols is 2. The van der Waals surface area contributed by atoms with Crippen LogP contribution < -0.4 is 19.8 Å². The number of hydrogen-bond acceptors (Lipinski definition) is 4. The van der Waals surface area contributed by atoms with Gasteiger partial charge in [0, 0.05) is 88.9 Å². The van der Waals surface area contributed by atoms with E-state index in [1.807, 2.05) is 0 Å². The molecule has 0 amide bonds. The Bertz CT molecular complexity index is 4680. The Morgan fingerprint density at radius 3 is 0.917 bits per heavy atom. The zero-order valence-electron chi connectivity index (χ0n) is 81.4. The molecule has 7 nitrogen and oxygen atoms in total. The van der Waals surface area contributed by atoms with E-state index in [2.05, 4.69) is 341 Å². The van der Waals surface area contributed by atoms with Crippen molar-refractivity contribution >= 4 is 70.1 Å². The average Bonchev–Trinajstić information content (AvgIpc) is 1.55. The van der Waals surface area contributed by atoms with Crippen LogP contribution in [0.5, 0.6) is 23.0 Å². The molecule has 10 heteroatoms. The molecule has 2 aromatic heterocycles. The molecular formula is C110H162N2O5ScSi2. The maximum Gasteiger partial charge on any atom is 0.147 e. The number of unbranched alkanes of at least 4 members (excludes halogenated alkanes) is 10. The molecule has 653 valence electrons. The van der Waals surface area contributed by atoms with Crippen molar-refractivity contribution in [3.8, 4) is 56.6 Å². The first-order chi connectivity index (χ1) is 54.9. The Morgan fingerprint density at radius 2 is 0.650 bits per heavy atom. The van der Waals surface area contributed by atoms with Crippen molar-refractivity contribution in [3.05, 3.63) is 173 Å². The van der Waals surface area contributed by atoms with Gasteiger partial charge >= 0.3 is 0 Å². The van der Waals surface area contributed by atoms with Crippen LogP contribution in [0.2, 0.25) is 38.3 Å². The molecular weight excluding hydrogens is 1530 g/mol. The van der Waals surface area contributed by atoms with E-state index < -0.39 is 16.1 Å². The summed E-state index contributed by atoms with van der Waals surface area (Å²) in [6, 6.07) is 49.5. The monoisotopic (exact) mass is 1690 g/mol. The van der Waals surface area contributed by atoms with Gasteiger partial charge in [-0.3, -0.25) is 0 Å². The molecule has 1 aliphatic heterocycles. The maximum atomic E-state index is 14.0. The van der Waals surface area contributed by atoms with Gasteiger partial charge < -0.3 is 41.0 Å². The van der Waals surface area contributed by atoms with Crippen LogP contribution in [0.25, 0.3) is 77.2 Å². The number of aromatic hydroxyl groups is 2. The van der Waals surface area contributed by atoms with E-state index >= 15 is 0 Å². The van der Waals surface area contributed by atoms with Gasteiger partial charge in [-0.1, -0.05) is 365 Å². The Balaban J connectivity index is 0.00000247. The Labute approximate surface area is 751 Å². The minimum absolute atomic E-state index is 0. The third kappa shape index (κ3) is 23.7. The van der Waals surface area contributed by atoms with Gasteiger partial charge in [0.15, 0.2) is 0 Å². The predicted molar refractivity (Wildman–Crippen MR) is 528 cm³/mol. The van der Waals surface area contributed by atoms with Gasteiger partial charge in [-0.05, 0) is 163 Å². The fraction of sp³-hybridized carbons (Fsp3) is 0.555. The van der Waals surface area contributed by atoms with Crippen LogP contribution in [0.4, 0.5) is 0 Å². The van der Waals surface area contributed by atoms with Crippen LogP contribution >= 0.6 is 0 Å². The van der Waals surface area contributed by atoms with E-state index in [9.17, 15) is 10.2 Å². The summed E-state index contributed by atoms with van der Waals surface area (Å²) < 4.78 is 23.8. The quantitative estimate of drug-likeness (QED) is 0.0203. The van der Waals surface area contributed by atoms with Gasteiger partial charge in [-0.15, -0.1) is 0 Å². The molecule has 0 bridgehead atoms. The molecule has 11 rings (SSSR count). The fourth-order valence-electron chi connectivity index (χ4n) is 19.1. The Morgan fingerprint density at radius 1 is 0.358 bits per heavy atom. The molecule has 120 heavy (non-hydrogen) atoms. The molecule has 0 atom stereocenters. The summed E-state index contributed by atoms with van der Waals surface area (Å²) in [5.41, 5.74) is 17.9. The molecule has 1 saturated heterocycles. The summed E-state index contributed by atoms with van der Waals surface area (Å²) in [6.45, 7) is 73.6. The third-order valence-electron chi connectivity index (χ3n) is 25.8. The SMILES string of the molecule is C1CC[OH+]C1.CCCCCCCC[Si](C)(C)c1cc(C)c(OCCCOc2c(C)cc([Si](C)(C)CCCCCCCC)cc2-c2cc(C(C)(C)CC(C)(C)C)cc(-n3c4cc(C(C)(C)C)ccc4c4ccc(C(C)(C)C)cc43)c2O)c(-c2cc(C(C)(C)CC(C)(C)C)cc(-n3c4cc(C(C)(C)C)ccc4c4ccc(C(C)(C)C)cc43)c2O)c1.[CH3-].[Sc]. The molecule has 0 spiro atoms. The predicted octanol–water partition coefficient (Wildman–Crippen LogP) is 31.0. The van der Waals surface area contributed by atoms with Crippen molar-refractivity contribution in [2.24, 2.45) is 10.8 Å². The summed E-state index contributed by atoms with van der Waals surface area (Å²) in [7, 11) is -4.15. The minimum atomic E-state index is -2.07. The van der Waals surface area contributed by atoms with E-state index in [1.54, 1.807) is 0 Å². The van der Waals surface area contributed by atoms with Crippen molar-refractivity contribution in [2.75, 3.05) is 26.4 Å². The smallest absolute Gasteiger partial charge is 0.147 e. The number of aryl methyl sites for hydroxylation is 2. The summed E-state index contributed by atoms with van der Waals surface area (Å²) in [5, 5.41) is 35.4. The normalized spacial score (nSPS) is 13.7. The molecule has 1 aliphatic rings. The van der Waals surface area contributed by atoms with Crippen molar-refractivity contribution in [1.29, 1.82) is 0 Å². The molecule has 0 aliphatic carbocycles. The summed E-state index contributed by atoms with van der Waals surface area (Å²) in [5.74, 6) is 2.12. The van der Waals surface area contributed by atoms with E-state index in [0.29, 0.717) is 19.6 Å². The third-order valence-corrected chi connectivity index (χ3v) is 32.7. The first-order valence-electron chi connectivity index (χ1n) is 46.0. The maximum absolute atomic E-state index is 14.0. The van der Waals surface area contributed by atoms with Crippen LogP contribution in [-0.4, -0.2) is 66.7 Å². The van der Waals surface area contributed by atoms with E-state index in [0.717, 1.165) is 104 Å². The van der Waals surface area contributed by atoms with Gasteiger partial charge in [0.05, 0.1) is 62.8 Å². The topological polar surface area (TPSA) is 81.6 Å². The number of rotatable bonds is 30. The second-order valence-electron chi connectivity index (χ2n) is 45.2. The minimum Gasteiger partial charge on any atom is -0.505 e. The number of fused-ring (bicyclic) bond motifs is 6. The van der Waals surface area contributed by atoms with Crippen LogP contribution in [-0.2, 0) is 58.3 Å². The molecule has 3 heterocycles. The van der Waals surface area contributed by atoms with Crippen molar-refractivity contribution in [1.82, 2.24) is 9.13 Å². The first-order valence-corrected chi connectivity index (χ1v) is 52.4. The van der Waals surface area contributed by atoms with E-state index in [1.165, 1.54) is 167 Å². The van der Waals surface area contributed by atoms with Gasteiger partial charge in [0.1, 0.15) is 36.2 Å².